The van der Waals surface area contributed by atoms with E-state index in [1.165, 1.54) is 7.11 Å². The molecule has 1 N–H and O–H groups in total. The van der Waals surface area contributed by atoms with Crippen LogP contribution in [-0.4, -0.2) is 33.3 Å². The van der Waals surface area contributed by atoms with Crippen LogP contribution in [0.3, 0.4) is 0 Å². The average molecular weight is 412 g/mol. The van der Waals surface area contributed by atoms with Gasteiger partial charge in [0.2, 0.25) is 5.95 Å². The molecule has 0 saturated carbocycles. The van der Waals surface area contributed by atoms with Crippen LogP contribution in [-0.2, 0) is 16.1 Å². The number of esters is 1. The Labute approximate surface area is 172 Å². The molecule has 0 spiro atoms. The van der Waals surface area contributed by atoms with Gasteiger partial charge >= 0.3 is 5.97 Å². The Morgan fingerprint density at radius 2 is 1.97 bits per heavy atom. The fraction of sp³-hybridized carbons (Fsp3) is 0.200. The van der Waals surface area contributed by atoms with Crippen molar-refractivity contribution in [1.82, 2.24) is 20.2 Å². The van der Waals surface area contributed by atoms with E-state index in [1.54, 1.807) is 11.6 Å². The van der Waals surface area contributed by atoms with E-state index in [0.29, 0.717) is 34.6 Å². The van der Waals surface area contributed by atoms with Crippen molar-refractivity contribution in [3.8, 4) is 5.75 Å². The molecule has 4 rings (SSSR count). The Morgan fingerprint density at radius 3 is 2.72 bits per heavy atom. The van der Waals surface area contributed by atoms with Gasteiger partial charge in [-0.3, -0.25) is 0 Å². The van der Waals surface area contributed by atoms with E-state index in [-0.39, 0.29) is 0 Å². The largest absolute Gasteiger partial charge is 0.489 e. The number of anilines is 1. The molecule has 0 bridgehead atoms. The van der Waals surface area contributed by atoms with Crippen LogP contribution in [0.2, 0.25) is 5.02 Å². The quantitative estimate of drug-likeness (QED) is 0.643. The minimum atomic E-state index is -0.588. The summed E-state index contributed by atoms with van der Waals surface area (Å²) >= 11 is 5.95. The number of tetrazole rings is 1. The summed E-state index contributed by atoms with van der Waals surface area (Å²) in [4.78, 5) is 12.6. The highest BCUT2D eigenvalue weighted by Crippen LogP contribution is 2.39. The molecule has 0 radical (unpaired) electrons. The standard InChI is InChI=1S/C20H18ClN5O3/c1-12-17(19(27)28-2)18(26-20(22-12)23-24-25-26)15-5-3-4-6-16(15)29-11-13-7-9-14(21)10-8-13/h3-10,18H,11H2,1-2H3,(H,22,23,25). The first-order valence-corrected chi connectivity index (χ1v) is 9.26. The van der Waals surface area contributed by atoms with Gasteiger partial charge in [0, 0.05) is 16.3 Å². The molecule has 0 saturated heterocycles. The smallest absolute Gasteiger partial charge is 0.338 e. The van der Waals surface area contributed by atoms with E-state index < -0.39 is 12.0 Å². The molecule has 2 heterocycles. The monoisotopic (exact) mass is 411 g/mol. The van der Waals surface area contributed by atoms with E-state index in [1.807, 2.05) is 48.5 Å². The average Bonchev–Trinajstić information content (AvgIpc) is 3.20. The van der Waals surface area contributed by atoms with Gasteiger partial charge in [-0.2, -0.15) is 4.68 Å². The molecule has 1 atom stereocenters. The van der Waals surface area contributed by atoms with Gasteiger partial charge in [-0.1, -0.05) is 47.0 Å². The maximum atomic E-state index is 12.6. The fourth-order valence-electron chi connectivity index (χ4n) is 3.25. The molecule has 3 aromatic rings. The molecule has 29 heavy (non-hydrogen) atoms. The van der Waals surface area contributed by atoms with Crippen molar-refractivity contribution >= 4 is 23.5 Å². The number of methoxy groups -OCH3 is 1. The zero-order valence-electron chi connectivity index (χ0n) is 15.8. The molecular formula is C20H18ClN5O3. The first kappa shape index (κ1) is 18.9. The molecule has 8 nitrogen and oxygen atoms in total. The van der Waals surface area contributed by atoms with Crippen molar-refractivity contribution in [2.45, 2.75) is 19.6 Å². The summed E-state index contributed by atoms with van der Waals surface area (Å²) in [6, 6.07) is 14.3. The Bertz CT molecular complexity index is 1080. The van der Waals surface area contributed by atoms with Crippen LogP contribution in [0.5, 0.6) is 5.75 Å². The second-order valence-corrected chi connectivity index (χ2v) is 6.89. The molecule has 1 aliphatic heterocycles. The fourth-order valence-corrected chi connectivity index (χ4v) is 3.38. The number of benzene rings is 2. The van der Waals surface area contributed by atoms with E-state index in [9.17, 15) is 4.79 Å². The van der Waals surface area contributed by atoms with E-state index in [0.717, 1.165) is 11.1 Å². The van der Waals surface area contributed by atoms with Gasteiger partial charge in [-0.25, -0.2) is 4.79 Å². The third kappa shape index (κ3) is 3.66. The minimum Gasteiger partial charge on any atom is -0.489 e. The number of hydrogen-bond donors (Lipinski definition) is 1. The van der Waals surface area contributed by atoms with Gasteiger partial charge in [0.05, 0.1) is 12.7 Å². The molecule has 148 valence electrons. The number of para-hydroxylation sites is 1. The number of allylic oxidation sites excluding steroid dienone is 1. The van der Waals surface area contributed by atoms with E-state index in [4.69, 9.17) is 21.1 Å². The van der Waals surface area contributed by atoms with Crippen molar-refractivity contribution in [1.29, 1.82) is 0 Å². The summed E-state index contributed by atoms with van der Waals surface area (Å²) in [5.41, 5.74) is 2.75. The molecular weight excluding hydrogens is 394 g/mol. The number of nitrogens with one attached hydrogen (secondary N) is 1. The van der Waals surface area contributed by atoms with Crippen LogP contribution in [0.1, 0.15) is 24.1 Å². The van der Waals surface area contributed by atoms with E-state index in [2.05, 4.69) is 20.8 Å². The van der Waals surface area contributed by atoms with Crippen LogP contribution >= 0.6 is 11.6 Å². The van der Waals surface area contributed by atoms with Crippen molar-refractivity contribution in [3.05, 3.63) is 76.0 Å². The minimum absolute atomic E-state index is 0.345. The molecule has 1 unspecified atom stereocenters. The predicted octanol–water partition coefficient (Wildman–Crippen LogP) is 3.37. The number of hydrogen-bond acceptors (Lipinski definition) is 7. The summed E-state index contributed by atoms with van der Waals surface area (Å²) in [7, 11) is 1.34. The van der Waals surface area contributed by atoms with E-state index >= 15 is 0 Å². The Balaban J connectivity index is 1.73. The summed E-state index contributed by atoms with van der Waals surface area (Å²) in [6.07, 6.45) is 0. The summed E-state index contributed by atoms with van der Waals surface area (Å²) in [5.74, 6) is 0.589. The molecule has 1 aromatic heterocycles. The molecule has 1 aliphatic rings. The van der Waals surface area contributed by atoms with Gasteiger partial charge in [-0.15, -0.1) is 0 Å². The number of nitrogens with zero attached hydrogens (tertiary/aromatic N) is 4. The van der Waals surface area contributed by atoms with Crippen molar-refractivity contribution in [2.75, 3.05) is 12.4 Å². The molecule has 2 aromatic carbocycles. The number of halogens is 1. The Hall–Kier alpha value is -3.39. The zero-order chi connectivity index (χ0) is 20.4. The normalized spacial score (nSPS) is 15.5. The van der Waals surface area contributed by atoms with Crippen molar-refractivity contribution < 1.29 is 14.3 Å². The molecule has 0 fully saturated rings. The van der Waals surface area contributed by atoms with Gasteiger partial charge in [0.25, 0.3) is 0 Å². The second kappa shape index (κ2) is 7.92. The van der Waals surface area contributed by atoms with Crippen LogP contribution in [0.4, 0.5) is 5.95 Å². The lowest BCUT2D eigenvalue weighted by Crippen LogP contribution is -2.29. The number of carbonyl (C=O) groups excluding carboxylic acids is 1. The second-order valence-electron chi connectivity index (χ2n) is 6.46. The topological polar surface area (TPSA) is 91.2 Å². The van der Waals surface area contributed by atoms with Gasteiger partial charge in [0.15, 0.2) is 0 Å². The molecule has 0 aliphatic carbocycles. The van der Waals surface area contributed by atoms with Crippen LogP contribution in [0, 0.1) is 0 Å². The lowest BCUT2D eigenvalue weighted by atomic mass is 9.95. The highest BCUT2D eigenvalue weighted by atomic mass is 35.5. The first-order valence-electron chi connectivity index (χ1n) is 8.88. The summed E-state index contributed by atoms with van der Waals surface area (Å²) in [6.45, 7) is 2.13. The predicted molar refractivity (Wildman–Crippen MR) is 107 cm³/mol. The van der Waals surface area contributed by atoms with Gasteiger partial charge < -0.3 is 14.8 Å². The number of fused-ring (bicyclic) bond motifs is 1. The molecule has 9 heteroatoms. The Kier molecular flexibility index (Phi) is 5.18. The SMILES string of the molecule is COC(=O)C1=C(C)Nc2nnnn2C1c1ccccc1OCc1ccc(Cl)cc1. The maximum Gasteiger partial charge on any atom is 0.338 e. The van der Waals surface area contributed by atoms with Crippen LogP contribution in [0.15, 0.2) is 59.8 Å². The highest BCUT2D eigenvalue weighted by Gasteiger charge is 2.36. The summed E-state index contributed by atoms with van der Waals surface area (Å²) < 4.78 is 12.6. The van der Waals surface area contributed by atoms with Crippen LogP contribution in [0.25, 0.3) is 0 Å². The number of rotatable bonds is 5. The third-order valence-corrected chi connectivity index (χ3v) is 4.89. The maximum absolute atomic E-state index is 12.6. The Morgan fingerprint density at radius 1 is 1.21 bits per heavy atom. The summed E-state index contributed by atoms with van der Waals surface area (Å²) in [5, 5.41) is 15.5. The van der Waals surface area contributed by atoms with Crippen LogP contribution < -0.4 is 10.1 Å². The van der Waals surface area contributed by atoms with Crippen molar-refractivity contribution in [2.24, 2.45) is 0 Å². The first-order chi connectivity index (χ1) is 14.1. The molecule has 0 amide bonds. The lowest BCUT2D eigenvalue weighted by molar-refractivity contribution is -0.136. The lowest BCUT2D eigenvalue weighted by Gasteiger charge is -2.28. The van der Waals surface area contributed by atoms with Gasteiger partial charge in [0.1, 0.15) is 18.4 Å². The number of carbonyl (C=O) groups is 1. The number of aromatic nitrogens is 4. The zero-order valence-corrected chi connectivity index (χ0v) is 16.6. The highest BCUT2D eigenvalue weighted by molar-refractivity contribution is 6.30. The number of ether oxygens (including phenoxy) is 2. The van der Waals surface area contributed by atoms with Crippen molar-refractivity contribution in [3.63, 3.8) is 0 Å². The van der Waals surface area contributed by atoms with Gasteiger partial charge in [-0.05, 0) is 41.1 Å². The third-order valence-electron chi connectivity index (χ3n) is 4.64.